The molecular weight excluding hydrogens is 388 g/mol. The van der Waals surface area contributed by atoms with Crippen molar-refractivity contribution in [2.75, 3.05) is 13.1 Å². The molecule has 0 aromatic heterocycles. The molecule has 0 bridgehead atoms. The molecule has 7 heteroatoms. The van der Waals surface area contributed by atoms with Crippen molar-refractivity contribution in [1.82, 2.24) is 9.62 Å². The first-order valence-corrected chi connectivity index (χ1v) is 12.1. The first kappa shape index (κ1) is 22.0. The largest absolute Gasteiger partial charge is 0.353 e. The van der Waals surface area contributed by atoms with Crippen LogP contribution in [0.3, 0.4) is 0 Å². The fraction of sp³-hybridized carbons (Fsp3) is 0.636. The number of benzene rings is 1. The average Bonchev–Trinajstić information content (AvgIpc) is 2.71. The second-order valence-electron chi connectivity index (χ2n) is 8.64. The Balaban J connectivity index is 1.58. The molecule has 1 aromatic rings. The predicted molar refractivity (Wildman–Crippen MR) is 112 cm³/mol. The number of piperidine rings is 1. The number of nitrogens with zero attached hydrogens (tertiary/aromatic N) is 1. The van der Waals surface area contributed by atoms with Crippen molar-refractivity contribution in [3.05, 3.63) is 29.8 Å². The zero-order valence-corrected chi connectivity index (χ0v) is 18.4. The van der Waals surface area contributed by atoms with Gasteiger partial charge in [-0.15, -0.1) is 0 Å². The van der Waals surface area contributed by atoms with Crippen molar-refractivity contribution < 1.29 is 18.0 Å². The minimum Gasteiger partial charge on any atom is -0.353 e. The SMILES string of the molecule is CC(=O)c1ccc(S(=O)(=O)N2CCC(C(=O)NC3CCCC(C)C3C)CC2)cc1. The van der Waals surface area contributed by atoms with E-state index in [0.717, 1.165) is 12.8 Å². The van der Waals surface area contributed by atoms with Crippen LogP contribution in [0.2, 0.25) is 0 Å². The van der Waals surface area contributed by atoms with E-state index in [1.165, 1.54) is 29.8 Å². The molecule has 1 aliphatic heterocycles. The Labute approximate surface area is 174 Å². The van der Waals surface area contributed by atoms with Gasteiger partial charge in [-0.2, -0.15) is 4.31 Å². The summed E-state index contributed by atoms with van der Waals surface area (Å²) in [6.07, 6.45) is 4.47. The van der Waals surface area contributed by atoms with Gasteiger partial charge in [0, 0.05) is 30.6 Å². The van der Waals surface area contributed by atoms with Gasteiger partial charge in [-0.25, -0.2) is 8.42 Å². The lowest BCUT2D eigenvalue weighted by Gasteiger charge is -2.36. The summed E-state index contributed by atoms with van der Waals surface area (Å²) in [5, 5.41) is 3.23. The minimum absolute atomic E-state index is 0.0683. The van der Waals surface area contributed by atoms with Gasteiger partial charge in [0.2, 0.25) is 15.9 Å². The molecule has 3 atom stereocenters. The molecule has 160 valence electrons. The fourth-order valence-electron chi connectivity index (χ4n) is 4.46. The summed E-state index contributed by atoms with van der Waals surface area (Å²) < 4.78 is 27.2. The van der Waals surface area contributed by atoms with Gasteiger partial charge in [0.05, 0.1) is 4.90 Å². The third kappa shape index (κ3) is 4.89. The van der Waals surface area contributed by atoms with Crippen LogP contribution >= 0.6 is 0 Å². The van der Waals surface area contributed by atoms with Gasteiger partial charge in [0.1, 0.15) is 0 Å². The molecule has 1 amide bonds. The lowest BCUT2D eigenvalue weighted by molar-refractivity contribution is -0.127. The van der Waals surface area contributed by atoms with Crippen molar-refractivity contribution in [3.8, 4) is 0 Å². The highest BCUT2D eigenvalue weighted by Crippen LogP contribution is 2.30. The summed E-state index contributed by atoms with van der Waals surface area (Å²) in [6, 6.07) is 6.28. The van der Waals surface area contributed by atoms with Gasteiger partial charge < -0.3 is 5.32 Å². The zero-order chi connectivity index (χ0) is 21.2. The third-order valence-electron chi connectivity index (χ3n) is 6.76. The van der Waals surface area contributed by atoms with Crippen LogP contribution in [-0.4, -0.2) is 43.5 Å². The maximum Gasteiger partial charge on any atom is 0.243 e. The van der Waals surface area contributed by atoms with E-state index in [0.29, 0.717) is 43.3 Å². The molecule has 0 radical (unpaired) electrons. The number of amides is 1. The van der Waals surface area contributed by atoms with Gasteiger partial charge in [-0.3, -0.25) is 9.59 Å². The standard InChI is InChI=1S/C22H32N2O4S/c1-15-5-4-6-21(16(15)2)23-22(26)19-11-13-24(14-12-19)29(27,28)20-9-7-18(8-10-20)17(3)25/h7-10,15-16,19,21H,4-6,11-14H2,1-3H3,(H,23,26). The van der Waals surface area contributed by atoms with Crippen LogP contribution in [0, 0.1) is 17.8 Å². The van der Waals surface area contributed by atoms with Gasteiger partial charge in [-0.05, 0) is 50.2 Å². The first-order chi connectivity index (χ1) is 13.7. The van der Waals surface area contributed by atoms with Crippen molar-refractivity contribution in [2.24, 2.45) is 17.8 Å². The van der Waals surface area contributed by atoms with Crippen LogP contribution in [0.15, 0.2) is 29.2 Å². The van der Waals surface area contributed by atoms with E-state index in [4.69, 9.17) is 0 Å². The Morgan fingerprint density at radius 3 is 2.21 bits per heavy atom. The number of sulfonamides is 1. The van der Waals surface area contributed by atoms with Gasteiger partial charge in [-0.1, -0.05) is 38.8 Å². The van der Waals surface area contributed by atoms with Crippen molar-refractivity contribution in [1.29, 1.82) is 0 Å². The summed E-state index contributed by atoms with van der Waals surface area (Å²) in [5.74, 6) is 0.939. The quantitative estimate of drug-likeness (QED) is 0.741. The molecule has 6 nitrogen and oxygen atoms in total. The van der Waals surface area contributed by atoms with Gasteiger partial charge in [0.15, 0.2) is 5.78 Å². The van der Waals surface area contributed by atoms with Gasteiger partial charge in [0.25, 0.3) is 0 Å². The predicted octanol–water partition coefficient (Wildman–Crippen LogP) is 3.23. The molecule has 0 spiro atoms. The average molecular weight is 421 g/mol. The lowest BCUT2D eigenvalue weighted by Crippen LogP contribution is -2.48. The van der Waals surface area contributed by atoms with Crippen LogP contribution in [-0.2, 0) is 14.8 Å². The number of rotatable bonds is 5. The molecule has 1 saturated carbocycles. The summed E-state index contributed by atoms with van der Waals surface area (Å²) in [6.45, 7) is 6.58. The van der Waals surface area contributed by atoms with E-state index in [1.807, 2.05) is 0 Å². The second kappa shape index (κ2) is 8.96. The summed E-state index contributed by atoms with van der Waals surface area (Å²) in [4.78, 5) is 24.3. The topological polar surface area (TPSA) is 83.6 Å². The number of ketones is 1. The Bertz CT molecular complexity index is 842. The van der Waals surface area contributed by atoms with Crippen molar-refractivity contribution in [3.63, 3.8) is 0 Å². The molecule has 2 aliphatic rings. The van der Waals surface area contributed by atoms with Crippen LogP contribution in [0.5, 0.6) is 0 Å². The third-order valence-corrected chi connectivity index (χ3v) is 8.67. The Morgan fingerprint density at radius 1 is 1.00 bits per heavy atom. The molecule has 2 fully saturated rings. The number of hydrogen-bond donors (Lipinski definition) is 1. The summed E-state index contributed by atoms with van der Waals surface area (Å²) in [7, 11) is -3.61. The minimum atomic E-state index is -3.61. The van der Waals surface area contributed by atoms with Crippen LogP contribution < -0.4 is 5.32 Å². The first-order valence-electron chi connectivity index (χ1n) is 10.6. The molecule has 1 aromatic carbocycles. The smallest absolute Gasteiger partial charge is 0.243 e. The Kier molecular flexibility index (Phi) is 6.79. The summed E-state index contributed by atoms with van der Waals surface area (Å²) in [5.41, 5.74) is 0.491. The zero-order valence-electron chi connectivity index (χ0n) is 17.6. The highest BCUT2D eigenvalue weighted by Gasteiger charge is 2.34. The van der Waals surface area contributed by atoms with E-state index in [1.54, 1.807) is 12.1 Å². The van der Waals surface area contributed by atoms with E-state index >= 15 is 0 Å². The van der Waals surface area contributed by atoms with Crippen molar-refractivity contribution in [2.45, 2.75) is 63.8 Å². The molecule has 1 N–H and O–H groups in total. The normalized spacial score (nSPS) is 26.8. The molecular formula is C22H32N2O4S. The number of Topliss-reactive ketones (excluding diaryl/α,β-unsaturated/α-hetero) is 1. The number of nitrogens with one attached hydrogen (secondary N) is 1. The molecule has 1 aliphatic carbocycles. The van der Waals surface area contributed by atoms with E-state index in [2.05, 4.69) is 19.2 Å². The Morgan fingerprint density at radius 2 is 1.62 bits per heavy atom. The number of hydrogen-bond acceptors (Lipinski definition) is 4. The van der Waals surface area contributed by atoms with Gasteiger partial charge >= 0.3 is 0 Å². The van der Waals surface area contributed by atoms with Crippen LogP contribution in [0.25, 0.3) is 0 Å². The van der Waals surface area contributed by atoms with E-state index < -0.39 is 10.0 Å². The highest BCUT2D eigenvalue weighted by atomic mass is 32.2. The maximum atomic E-state index is 12.9. The van der Waals surface area contributed by atoms with Crippen LogP contribution in [0.1, 0.15) is 63.2 Å². The molecule has 3 unspecified atom stereocenters. The maximum absolute atomic E-state index is 12.9. The lowest BCUT2D eigenvalue weighted by atomic mass is 9.78. The van der Waals surface area contributed by atoms with E-state index in [-0.39, 0.29) is 28.5 Å². The van der Waals surface area contributed by atoms with E-state index in [9.17, 15) is 18.0 Å². The fourth-order valence-corrected chi connectivity index (χ4v) is 5.93. The molecule has 3 rings (SSSR count). The van der Waals surface area contributed by atoms with Crippen LogP contribution in [0.4, 0.5) is 0 Å². The molecule has 1 saturated heterocycles. The summed E-state index contributed by atoms with van der Waals surface area (Å²) >= 11 is 0. The highest BCUT2D eigenvalue weighted by molar-refractivity contribution is 7.89. The number of carbonyl (C=O) groups is 2. The Hall–Kier alpha value is -1.73. The number of carbonyl (C=O) groups excluding carboxylic acids is 2. The van der Waals surface area contributed by atoms with Crippen molar-refractivity contribution >= 4 is 21.7 Å². The molecule has 29 heavy (non-hydrogen) atoms. The molecule has 1 heterocycles. The monoisotopic (exact) mass is 420 g/mol. The second-order valence-corrected chi connectivity index (χ2v) is 10.6.